The Kier molecular flexibility index (Phi) is 5.95. The highest BCUT2D eigenvalue weighted by Gasteiger charge is 2.32. The largest absolute Gasteiger partial charge is 0.860 e. The van der Waals surface area contributed by atoms with Gasteiger partial charge < -0.3 is 7.58 Å². The molecule has 0 heterocycles. The van der Waals surface area contributed by atoms with Crippen molar-refractivity contribution in [3.8, 4) is 0 Å². The molecule has 0 aromatic rings. The van der Waals surface area contributed by atoms with Crippen molar-refractivity contribution in [1.29, 1.82) is 0 Å². The van der Waals surface area contributed by atoms with Gasteiger partial charge in [-0.15, -0.1) is 0 Å². The van der Waals surface area contributed by atoms with Crippen LogP contribution in [-0.4, -0.2) is 26.8 Å². The molecule has 70 valence electrons. The van der Waals surface area contributed by atoms with Crippen molar-refractivity contribution in [2.24, 2.45) is 0 Å². The van der Waals surface area contributed by atoms with Crippen LogP contribution < -0.4 is 0 Å². The van der Waals surface area contributed by atoms with E-state index in [-0.39, 0.29) is 0 Å². The Bertz CT molecular complexity index is 202. The number of rotatable bonds is 5. The lowest BCUT2D eigenvalue weighted by molar-refractivity contribution is -0.134. The lowest BCUT2D eigenvalue weighted by Gasteiger charge is -2.08. The molecule has 0 saturated carbocycles. The standard InChI is InChI=1S/2C3H4O2.C2H5.Al/c2*1-2-3(4)5;1-2;/h2*2H,1H2,(H,4,5);1H2,2H3;/q;;;+2/p-2. The molecule has 0 N–H and O–H groups in total. The molecule has 0 aromatic heterocycles. The summed E-state index contributed by atoms with van der Waals surface area (Å²) in [6.07, 6.45) is 2.08. The normalized spacial score (nSPS) is 8.38. The number of hydrogen-bond acceptors (Lipinski definition) is 4. The Hall–Kier alpha value is -1.05. The monoisotopic (exact) mass is 198 g/mol. The molecule has 0 fully saturated rings. The highest BCUT2D eigenvalue weighted by atomic mass is 27.2. The lowest BCUT2D eigenvalue weighted by atomic mass is 10.7. The molecular weight excluding hydrogens is 187 g/mol. The summed E-state index contributed by atoms with van der Waals surface area (Å²) in [7, 11) is 0. The van der Waals surface area contributed by atoms with Crippen LogP contribution in [0.5, 0.6) is 0 Å². The van der Waals surface area contributed by atoms with Gasteiger partial charge >= 0.3 is 14.8 Å². The fourth-order valence-electron chi connectivity index (χ4n) is 0.546. The fourth-order valence-corrected chi connectivity index (χ4v) is 1.64. The third kappa shape index (κ3) is 5.23. The predicted molar refractivity (Wildman–Crippen MR) is 48.8 cm³/mol. The molecule has 0 saturated heterocycles. The summed E-state index contributed by atoms with van der Waals surface area (Å²) in [5.41, 5.74) is 0. The van der Waals surface area contributed by atoms with E-state index in [1.807, 2.05) is 0 Å². The molecular formula is C8H11AlO4. The van der Waals surface area contributed by atoms with Crippen molar-refractivity contribution in [2.45, 2.75) is 12.2 Å². The Morgan fingerprint density at radius 1 is 1.23 bits per heavy atom. The highest BCUT2D eigenvalue weighted by molar-refractivity contribution is 6.49. The predicted octanol–water partition coefficient (Wildman–Crippen LogP) is 0.953. The first-order chi connectivity index (χ1) is 6.13. The van der Waals surface area contributed by atoms with Gasteiger partial charge in [0.05, 0.1) is 0 Å². The second-order valence-electron chi connectivity index (χ2n) is 2.12. The molecule has 0 radical (unpaired) electrons. The van der Waals surface area contributed by atoms with Gasteiger partial charge in [0.2, 0.25) is 0 Å². The van der Waals surface area contributed by atoms with Crippen LogP contribution in [-0.2, 0) is 17.2 Å². The van der Waals surface area contributed by atoms with Gasteiger partial charge in [-0.3, -0.25) is 9.59 Å². The summed E-state index contributed by atoms with van der Waals surface area (Å²) in [5, 5.41) is 0.527. The summed E-state index contributed by atoms with van der Waals surface area (Å²) in [5.74, 6) is -1.12. The van der Waals surface area contributed by atoms with Crippen LogP contribution in [0.1, 0.15) is 6.92 Å². The molecule has 0 rings (SSSR count). The summed E-state index contributed by atoms with van der Waals surface area (Å²) < 4.78 is 9.62. The van der Waals surface area contributed by atoms with Crippen molar-refractivity contribution in [2.75, 3.05) is 0 Å². The first-order valence-electron chi connectivity index (χ1n) is 3.80. The molecule has 0 aliphatic rings. The van der Waals surface area contributed by atoms with E-state index in [1.165, 1.54) is 0 Å². The zero-order valence-electron chi connectivity index (χ0n) is 7.49. The summed E-state index contributed by atoms with van der Waals surface area (Å²) >= 11 is -2.21. The van der Waals surface area contributed by atoms with Crippen molar-refractivity contribution < 1.29 is 17.2 Å². The van der Waals surface area contributed by atoms with Crippen molar-refractivity contribution in [3.05, 3.63) is 25.3 Å². The topological polar surface area (TPSA) is 52.6 Å². The van der Waals surface area contributed by atoms with Gasteiger partial charge in [-0.25, -0.2) is 0 Å². The molecule has 0 amide bonds. The zero-order chi connectivity index (χ0) is 10.3. The van der Waals surface area contributed by atoms with Crippen LogP contribution in [0.15, 0.2) is 25.3 Å². The summed E-state index contributed by atoms with van der Waals surface area (Å²) in [6.45, 7) is 8.25. The molecule has 0 aliphatic carbocycles. The van der Waals surface area contributed by atoms with E-state index in [2.05, 4.69) is 13.2 Å². The second kappa shape index (κ2) is 6.47. The third-order valence-corrected chi connectivity index (χ3v) is 2.82. The average Bonchev–Trinajstić information content (AvgIpc) is 2.16. The molecule has 0 bridgehead atoms. The molecule has 0 aromatic carbocycles. The molecule has 0 aliphatic heterocycles. The van der Waals surface area contributed by atoms with Crippen LogP contribution >= 0.6 is 0 Å². The molecule has 4 nitrogen and oxygen atoms in total. The Morgan fingerprint density at radius 3 is 1.85 bits per heavy atom. The summed E-state index contributed by atoms with van der Waals surface area (Å²) in [4.78, 5) is 21.5. The smallest absolute Gasteiger partial charge is 0.582 e. The first-order valence-corrected chi connectivity index (χ1v) is 5.56. The quantitative estimate of drug-likeness (QED) is 0.487. The van der Waals surface area contributed by atoms with E-state index >= 15 is 0 Å². The van der Waals surface area contributed by atoms with Crippen LogP contribution in [0.3, 0.4) is 0 Å². The SMILES string of the molecule is C=CC(=O)[O][Al]([CH2]C)[O]C(=O)C=C. The zero-order valence-corrected chi connectivity index (χ0v) is 8.64. The first kappa shape index (κ1) is 12.0. The maximum absolute atomic E-state index is 10.7. The van der Waals surface area contributed by atoms with Crippen LogP contribution in [0.2, 0.25) is 5.28 Å². The number of hydrogen-bond donors (Lipinski definition) is 0. The van der Waals surface area contributed by atoms with Crippen LogP contribution in [0, 0.1) is 0 Å². The van der Waals surface area contributed by atoms with E-state index in [0.29, 0.717) is 5.28 Å². The van der Waals surface area contributed by atoms with Crippen molar-refractivity contribution >= 4 is 26.8 Å². The minimum Gasteiger partial charge on any atom is -0.582 e. The third-order valence-electron chi connectivity index (χ3n) is 1.16. The van der Waals surface area contributed by atoms with Gasteiger partial charge in [-0.2, -0.15) is 0 Å². The minimum atomic E-state index is -2.21. The van der Waals surface area contributed by atoms with E-state index < -0.39 is 26.8 Å². The number of carbonyl (C=O) groups excluding carboxylic acids is 2. The maximum atomic E-state index is 10.7. The molecule has 5 heteroatoms. The van der Waals surface area contributed by atoms with Gasteiger partial charge in [0.1, 0.15) is 0 Å². The van der Waals surface area contributed by atoms with Crippen molar-refractivity contribution in [1.82, 2.24) is 0 Å². The minimum absolute atomic E-state index is 0.527. The molecule has 13 heavy (non-hydrogen) atoms. The second-order valence-corrected chi connectivity index (χ2v) is 4.27. The average molecular weight is 198 g/mol. The number of carbonyl (C=O) groups is 2. The van der Waals surface area contributed by atoms with E-state index in [4.69, 9.17) is 7.58 Å². The Morgan fingerprint density at radius 2 is 1.62 bits per heavy atom. The lowest BCUT2D eigenvalue weighted by Crippen LogP contribution is -2.26. The van der Waals surface area contributed by atoms with Crippen molar-refractivity contribution in [3.63, 3.8) is 0 Å². The van der Waals surface area contributed by atoms with Gasteiger partial charge in [0.25, 0.3) is 11.9 Å². The molecule has 0 spiro atoms. The molecule has 0 unspecified atom stereocenters. The Balaban J connectivity index is 4.02. The maximum Gasteiger partial charge on any atom is 0.860 e. The van der Waals surface area contributed by atoms with Crippen LogP contribution in [0.25, 0.3) is 0 Å². The van der Waals surface area contributed by atoms with Gasteiger partial charge in [-0.1, -0.05) is 20.1 Å². The highest BCUT2D eigenvalue weighted by Crippen LogP contribution is 1.98. The Labute approximate surface area is 81.9 Å². The van der Waals surface area contributed by atoms with Gasteiger partial charge in [0, 0.05) is 12.2 Å². The van der Waals surface area contributed by atoms with Crippen LogP contribution in [0.4, 0.5) is 0 Å². The summed E-state index contributed by atoms with van der Waals surface area (Å²) in [6, 6.07) is 0. The fraction of sp³-hybridized carbons (Fsp3) is 0.250. The van der Waals surface area contributed by atoms with E-state index in [9.17, 15) is 9.59 Å². The van der Waals surface area contributed by atoms with Gasteiger partial charge in [0.15, 0.2) is 0 Å². The molecule has 0 atom stereocenters. The van der Waals surface area contributed by atoms with E-state index in [0.717, 1.165) is 12.2 Å². The van der Waals surface area contributed by atoms with E-state index in [1.54, 1.807) is 6.92 Å². The van der Waals surface area contributed by atoms with Gasteiger partial charge in [-0.05, 0) is 5.28 Å².